The van der Waals surface area contributed by atoms with Crippen LogP contribution >= 0.6 is 11.6 Å². The molecular formula is C13H17ClFN. The van der Waals surface area contributed by atoms with Gasteiger partial charge in [-0.25, -0.2) is 4.39 Å². The SMILES string of the molecule is CC(C(N)Cc1ccc(F)c(Cl)c1)C1CC1. The highest BCUT2D eigenvalue weighted by atomic mass is 35.5. The Balaban J connectivity index is 1.99. The Kier molecular flexibility index (Phi) is 3.50. The largest absolute Gasteiger partial charge is 0.327 e. The van der Waals surface area contributed by atoms with E-state index in [0.717, 1.165) is 17.9 Å². The molecule has 2 rings (SSSR count). The second-order valence-electron chi connectivity index (χ2n) is 4.81. The highest BCUT2D eigenvalue weighted by Crippen LogP contribution is 2.38. The number of benzene rings is 1. The Morgan fingerprint density at radius 3 is 2.75 bits per heavy atom. The molecule has 1 aliphatic rings. The van der Waals surface area contributed by atoms with Crippen molar-refractivity contribution in [3.8, 4) is 0 Å². The van der Waals surface area contributed by atoms with Crippen LogP contribution in [0, 0.1) is 17.7 Å². The quantitative estimate of drug-likeness (QED) is 0.859. The summed E-state index contributed by atoms with van der Waals surface area (Å²) in [6.45, 7) is 2.20. The summed E-state index contributed by atoms with van der Waals surface area (Å²) < 4.78 is 13.0. The minimum atomic E-state index is -0.366. The molecule has 0 heterocycles. The maximum absolute atomic E-state index is 13.0. The molecule has 16 heavy (non-hydrogen) atoms. The predicted octanol–water partition coefficient (Wildman–Crippen LogP) is 3.40. The lowest BCUT2D eigenvalue weighted by atomic mass is 9.92. The van der Waals surface area contributed by atoms with E-state index < -0.39 is 0 Å². The monoisotopic (exact) mass is 241 g/mol. The smallest absolute Gasteiger partial charge is 0.141 e. The van der Waals surface area contributed by atoms with Gasteiger partial charge in [-0.2, -0.15) is 0 Å². The summed E-state index contributed by atoms with van der Waals surface area (Å²) in [6.07, 6.45) is 3.38. The maximum Gasteiger partial charge on any atom is 0.141 e. The Labute approximate surface area is 101 Å². The molecule has 0 bridgehead atoms. The van der Waals surface area contributed by atoms with Crippen molar-refractivity contribution in [2.75, 3.05) is 0 Å². The summed E-state index contributed by atoms with van der Waals surface area (Å²) in [5.74, 6) is 0.976. The van der Waals surface area contributed by atoms with E-state index in [1.807, 2.05) is 0 Å². The van der Waals surface area contributed by atoms with Crippen LogP contribution in [0.3, 0.4) is 0 Å². The van der Waals surface area contributed by atoms with Crippen LogP contribution in [0.15, 0.2) is 18.2 Å². The summed E-state index contributed by atoms with van der Waals surface area (Å²) >= 11 is 5.74. The number of nitrogens with two attached hydrogens (primary N) is 1. The lowest BCUT2D eigenvalue weighted by Crippen LogP contribution is -2.31. The van der Waals surface area contributed by atoms with Crippen molar-refractivity contribution >= 4 is 11.6 Å². The lowest BCUT2D eigenvalue weighted by molar-refractivity contribution is 0.404. The van der Waals surface area contributed by atoms with Crippen molar-refractivity contribution in [2.24, 2.45) is 17.6 Å². The average Bonchev–Trinajstić information content (AvgIpc) is 3.06. The normalized spacial score (nSPS) is 19.5. The van der Waals surface area contributed by atoms with E-state index in [0.29, 0.717) is 5.92 Å². The molecule has 0 saturated heterocycles. The van der Waals surface area contributed by atoms with Crippen molar-refractivity contribution in [1.29, 1.82) is 0 Å². The van der Waals surface area contributed by atoms with Crippen molar-refractivity contribution in [3.63, 3.8) is 0 Å². The van der Waals surface area contributed by atoms with Gasteiger partial charge in [0.15, 0.2) is 0 Å². The van der Waals surface area contributed by atoms with Crippen LogP contribution in [-0.2, 0) is 6.42 Å². The minimum absolute atomic E-state index is 0.147. The summed E-state index contributed by atoms with van der Waals surface area (Å²) in [4.78, 5) is 0. The van der Waals surface area contributed by atoms with Crippen LogP contribution in [0.5, 0.6) is 0 Å². The van der Waals surface area contributed by atoms with Gasteiger partial charge in [-0.15, -0.1) is 0 Å². The second kappa shape index (κ2) is 4.72. The van der Waals surface area contributed by atoms with Gasteiger partial charge in [0.2, 0.25) is 0 Å². The fraction of sp³-hybridized carbons (Fsp3) is 0.538. The number of halogens is 2. The molecule has 1 aromatic rings. The van der Waals surface area contributed by atoms with Gasteiger partial charge in [0.25, 0.3) is 0 Å². The van der Waals surface area contributed by atoms with Crippen molar-refractivity contribution in [3.05, 3.63) is 34.6 Å². The first-order valence-corrected chi connectivity index (χ1v) is 6.15. The minimum Gasteiger partial charge on any atom is -0.327 e. The second-order valence-corrected chi connectivity index (χ2v) is 5.22. The van der Waals surface area contributed by atoms with E-state index in [9.17, 15) is 4.39 Å². The molecule has 0 aliphatic heterocycles. The van der Waals surface area contributed by atoms with Crippen LogP contribution in [0.1, 0.15) is 25.3 Å². The Bertz CT molecular complexity index is 376. The first-order valence-electron chi connectivity index (χ1n) is 5.77. The molecule has 1 aliphatic carbocycles. The summed E-state index contributed by atoms with van der Waals surface area (Å²) in [5.41, 5.74) is 7.16. The predicted molar refractivity (Wildman–Crippen MR) is 65.0 cm³/mol. The topological polar surface area (TPSA) is 26.0 Å². The molecule has 2 atom stereocenters. The molecule has 1 nitrogen and oxygen atoms in total. The van der Waals surface area contributed by atoms with Gasteiger partial charge < -0.3 is 5.73 Å². The van der Waals surface area contributed by atoms with Crippen molar-refractivity contribution in [1.82, 2.24) is 0 Å². The van der Waals surface area contributed by atoms with Crippen molar-refractivity contribution < 1.29 is 4.39 Å². The number of rotatable bonds is 4. The summed E-state index contributed by atoms with van der Waals surface area (Å²) in [7, 11) is 0. The highest BCUT2D eigenvalue weighted by Gasteiger charge is 2.31. The molecule has 1 fully saturated rings. The van der Waals surface area contributed by atoms with Gasteiger partial charge in [-0.05, 0) is 48.8 Å². The highest BCUT2D eigenvalue weighted by molar-refractivity contribution is 6.30. The third-order valence-electron chi connectivity index (χ3n) is 3.50. The first kappa shape index (κ1) is 11.9. The third kappa shape index (κ3) is 2.74. The third-order valence-corrected chi connectivity index (χ3v) is 3.79. The molecular weight excluding hydrogens is 225 g/mol. The molecule has 2 N–H and O–H groups in total. The molecule has 1 aromatic carbocycles. The Morgan fingerprint density at radius 1 is 1.50 bits per heavy atom. The molecule has 0 radical (unpaired) electrons. The molecule has 0 spiro atoms. The molecule has 0 amide bonds. The van der Waals surface area contributed by atoms with Gasteiger partial charge in [0, 0.05) is 6.04 Å². The lowest BCUT2D eigenvalue weighted by Gasteiger charge is -2.19. The van der Waals surface area contributed by atoms with Crippen LogP contribution in [-0.4, -0.2) is 6.04 Å². The van der Waals surface area contributed by atoms with Gasteiger partial charge in [-0.1, -0.05) is 24.6 Å². The fourth-order valence-corrected chi connectivity index (χ4v) is 2.30. The standard InChI is InChI=1S/C13H17ClFN/c1-8(10-3-4-10)13(16)7-9-2-5-12(15)11(14)6-9/h2,5-6,8,10,13H,3-4,7,16H2,1H3. The molecule has 88 valence electrons. The Hall–Kier alpha value is -0.600. The van der Waals surface area contributed by atoms with E-state index in [1.54, 1.807) is 12.1 Å². The molecule has 1 saturated carbocycles. The van der Waals surface area contributed by atoms with Gasteiger partial charge >= 0.3 is 0 Å². The zero-order valence-corrected chi connectivity index (χ0v) is 10.2. The number of hydrogen-bond acceptors (Lipinski definition) is 1. The van der Waals surface area contributed by atoms with E-state index in [1.165, 1.54) is 18.9 Å². The van der Waals surface area contributed by atoms with E-state index >= 15 is 0 Å². The van der Waals surface area contributed by atoms with Crippen LogP contribution < -0.4 is 5.73 Å². The Morgan fingerprint density at radius 2 is 2.19 bits per heavy atom. The fourth-order valence-electron chi connectivity index (χ4n) is 2.10. The zero-order chi connectivity index (χ0) is 11.7. The number of hydrogen-bond donors (Lipinski definition) is 1. The van der Waals surface area contributed by atoms with Gasteiger partial charge in [0.05, 0.1) is 5.02 Å². The van der Waals surface area contributed by atoms with E-state index in [-0.39, 0.29) is 16.9 Å². The van der Waals surface area contributed by atoms with Crippen molar-refractivity contribution in [2.45, 2.75) is 32.2 Å². The van der Waals surface area contributed by atoms with Gasteiger partial charge in [0.1, 0.15) is 5.82 Å². The maximum atomic E-state index is 13.0. The molecule has 0 aromatic heterocycles. The van der Waals surface area contributed by atoms with Crippen LogP contribution in [0.2, 0.25) is 5.02 Å². The average molecular weight is 242 g/mol. The first-order chi connectivity index (χ1) is 7.58. The van der Waals surface area contributed by atoms with Crippen LogP contribution in [0.25, 0.3) is 0 Å². The summed E-state index contributed by atoms with van der Waals surface area (Å²) in [5, 5.41) is 0.184. The molecule has 2 unspecified atom stereocenters. The van der Waals surface area contributed by atoms with Crippen LogP contribution in [0.4, 0.5) is 4.39 Å². The van der Waals surface area contributed by atoms with E-state index in [2.05, 4.69) is 6.92 Å². The van der Waals surface area contributed by atoms with Gasteiger partial charge in [-0.3, -0.25) is 0 Å². The molecule has 3 heteroatoms. The van der Waals surface area contributed by atoms with E-state index in [4.69, 9.17) is 17.3 Å². The summed E-state index contributed by atoms with van der Waals surface area (Å²) in [6, 6.07) is 5.00. The zero-order valence-electron chi connectivity index (χ0n) is 9.42.